The van der Waals surface area contributed by atoms with Crippen molar-refractivity contribution < 1.29 is 34.9 Å². The molecular weight excluding hydrogens is 146 g/mol. The van der Waals surface area contributed by atoms with Gasteiger partial charge in [-0.1, -0.05) is 0 Å². The van der Waals surface area contributed by atoms with Gasteiger partial charge in [0.2, 0.25) is 0 Å². The monoisotopic (exact) mass is 154 g/mol. The first-order valence-electron chi connectivity index (χ1n) is 0.783. The minimum Gasteiger partial charge on any atom is -0.412 e. The minimum absolute atomic E-state index is 0. The lowest BCUT2D eigenvalue weighted by atomic mass is 15.8. The fraction of sp³-hybridized carbons (Fsp3) is 0. The van der Waals surface area contributed by atoms with E-state index in [4.69, 9.17) is 19.2 Å². The molecule has 8 heteroatoms. The minimum atomic E-state index is -4.64. The van der Waals surface area contributed by atoms with Crippen LogP contribution in [0, 0.1) is 0 Å². The lowest BCUT2D eigenvalue weighted by Crippen LogP contribution is -1.66. The summed E-state index contributed by atoms with van der Waals surface area (Å²) in [4.78, 5) is 21.6. The molecule has 0 aromatic carbocycles. The topological polar surface area (TPSA) is 141 Å². The van der Waals surface area contributed by atoms with E-state index in [1.807, 2.05) is 0 Å². The fourth-order valence-corrected chi connectivity index (χ4v) is 0. The molecule has 0 radical (unpaired) electrons. The molecule has 0 saturated heterocycles. The Hall–Kier alpha value is -0.0400. The first-order chi connectivity index (χ1) is 2.00. The van der Waals surface area contributed by atoms with E-state index >= 15 is 0 Å². The van der Waals surface area contributed by atoms with Crippen molar-refractivity contribution in [1.82, 2.24) is 0 Å². The van der Waals surface area contributed by atoms with Crippen molar-refractivity contribution in [3.8, 4) is 0 Å². The summed E-state index contributed by atoms with van der Waals surface area (Å²) in [6, 6.07) is 0. The molecule has 0 aromatic heterocycles. The molecule has 8 heavy (non-hydrogen) atoms. The molecule has 0 atom stereocenters. The SMILES string of the molecule is F.O.O.O=P(O)(O)O. The van der Waals surface area contributed by atoms with Crippen LogP contribution in [-0.4, -0.2) is 25.6 Å². The zero-order valence-corrected chi connectivity index (χ0v) is 4.50. The smallest absolute Gasteiger partial charge is 0.412 e. The third-order valence-corrected chi connectivity index (χ3v) is 0. The normalized spacial score (nSPS) is 7.38. The third kappa shape index (κ3) is 91600. The maximum Gasteiger partial charge on any atom is 0.466 e. The quantitative estimate of drug-likeness (QED) is 0.333. The van der Waals surface area contributed by atoms with Crippen LogP contribution in [0.1, 0.15) is 0 Å². The molecule has 0 unspecified atom stereocenters. The van der Waals surface area contributed by atoms with E-state index in [9.17, 15) is 0 Å². The van der Waals surface area contributed by atoms with Crippen molar-refractivity contribution in [2.45, 2.75) is 0 Å². The van der Waals surface area contributed by atoms with Crippen LogP contribution in [0.15, 0.2) is 0 Å². The summed E-state index contributed by atoms with van der Waals surface area (Å²) in [5.41, 5.74) is 0. The van der Waals surface area contributed by atoms with E-state index < -0.39 is 7.82 Å². The van der Waals surface area contributed by atoms with Gasteiger partial charge in [0.25, 0.3) is 0 Å². The summed E-state index contributed by atoms with van der Waals surface area (Å²) >= 11 is 0. The lowest BCUT2D eigenvalue weighted by molar-refractivity contribution is 0.275. The van der Waals surface area contributed by atoms with Crippen LogP contribution in [0.3, 0.4) is 0 Å². The highest BCUT2D eigenvalue weighted by atomic mass is 31.2. The van der Waals surface area contributed by atoms with Gasteiger partial charge < -0.3 is 25.6 Å². The Bertz CT molecular complexity index is 54.7. The molecule has 0 spiro atoms. The van der Waals surface area contributed by atoms with Crippen LogP contribution in [-0.2, 0) is 4.57 Å². The highest BCUT2D eigenvalue weighted by Gasteiger charge is 2.00. The van der Waals surface area contributed by atoms with Crippen molar-refractivity contribution >= 4 is 7.82 Å². The molecule has 0 amide bonds. The molecule has 56 valence electrons. The molecular formula is H8FO6P. The van der Waals surface area contributed by atoms with E-state index in [2.05, 4.69) is 0 Å². The number of phosphoric acid groups is 1. The Kier molecular flexibility index (Phi) is 21.4. The molecule has 0 aromatic rings. The molecule has 0 bridgehead atoms. The summed E-state index contributed by atoms with van der Waals surface area (Å²) < 4.78 is 8.88. The Balaban J connectivity index is -0.0000000267. The number of rotatable bonds is 0. The van der Waals surface area contributed by atoms with Crippen LogP contribution in [0.2, 0.25) is 0 Å². The predicted octanol–water partition coefficient (Wildman–Crippen LogP) is -2.43. The largest absolute Gasteiger partial charge is 0.466 e. The second-order valence-electron chi connectivity index (χ2n) is 0.513. The molecule has 7 N–H and O–H groups in total. The molecule has 0 fully saturated rings. The second-order valence-corrected chi connectivity index (χ2v) is 1.54. The van der Waals surface area contributed by atoms with Gasteiger partial charge in [-0.05, 0) is 0 Å². The van der Waals surface area contributed by atoms with E-state index in [1.54, 1.807) is 0 Å². The molecule has 0 aliphatic carbocycles. The highest BCUT2D eigenvalue weighted by Crippen LogP contribution is 2.25. The van der Waals surface area contributed by atoms with Gasteiger partial charge in [0.05, 0.1) is 0 Å². The van der Waals surface area contributed by atoms with Crippen molar-refractivity contribution in [2.24, 2.45) is 0 Å². The third-order valence-electron chi connectivity index (χ3n) is 0. The van der Waals surface area contributed by atoms with Crippen LogP contribution in [0.25, 0.3) is 0 Å². The maximum absolute atomic E-state index is 8.88. The predicted molar refractivity (Wildman–Crippen MR) is 24.0 cm³/mol. The molecule has 0 aliphatic heterocycles. The zero-order chi connectivity index (χ0) is 4.50. The molecule has 0 aliphatic rings. The van der Waals surface area contributed by atoms with E-state index in [1.165, 1.54) is 0 Å². The van der Waals surface area contributed by atoms with Gasteiger partial charge in [-0.25, -0.2) is 4.57 Å². The van der Waals surface area contributed by atoms with Crippen molar-refractivity contribution in [1.29, 1.82) is 0 Å². The lowest BCUT2D eigenvalue weighted by Gasteiger charge is -1.82. The summed E-state index contributed by atoms with van der Waals surface area (Å²) in [5.74, 6) is 0. The van der Waals surface area contributed by atoms with E-state index in [-0.39, 0.29) is 15.7 Å². The van der Waals surface area contributed by atoms with E-state index in [0.717, 1.165) is 0 Å². The van der Waals surface area contributed by atoms with Crippen LogP contribution in [0.4, 0.5) is 4.70 Å². The van der Waals surface area contributed by atoms with Crippen LogP contribution in [0.5, 0.6) is 0 Å². The van der Waals surface area contributed by atoms with Crippen molar-refractivity contribution in [3.05, 3.63) is 0 Å². The average Bonchev–Trinajstić information content (AvgIpc) is 0.722. The number of hydrogen-bond donors (Lipinski definition) is 3. The van der Waals surface area contributed by atoms with Crippen LogP contribution >= 0.6 is 7.82 Å². The van der Waals surface area contributed by atoms with Crippen molar-refractivity contribution in [3.63, 3.8) is 0 Å². The van der Waals surface area contributed by atoms with Gasteiger partial charge in [-0.3, -0.25) is 4.70 Å². The standard InChI is InChI=1S/FH.H3O4P.2H2O/c;1-5(2,3)4;;/h1H;(H3,1,2,3,4);2*1H2. The van der Waals surface area contributed by atoms with Gasteiger partial charge in [0, 0.05) is 0 Å². The first-order valence-corrected chi connectivity index (χ1v) is 2.35. The van der Waals surface area contributed by atoms with Crippen LogP contribution < -0.4 is 0 Å². The van der Waals surface area contributed by atoms with Gasteiger partial charge in [0.15, 0.2) is 0 Å². The highest BCUT2D eigenvalue weighted by molar-refractivity contribution is 7.45. The maximum atomic E-state index is 8.88. The Morgan fingerprint density at radius 3 is 1.00 bits per heavy atom. The van der Waals surface area contributed by atoms with Gasteiger partial charge in [-0.15, -0.1) is 0 Å². The van der Waals surface area contributed by atoms with Gasteiger partial charge >= 0.3 is 7.82 Å². The Morgan fingerprint density at radius 2 is 1.00 bits per heavy atom. The van der Waals surface area contributed by atoms with Gasteiger partial charge in [-0.2, -0.15) is 0 Å². The summed E-state index contributed by atoms with van der Waals surface area (Å²) in [6.45, 7) is 0. The fourth-order valence-electron chi connectivity index (χ4n) is 0. The molecule has 0 rings (SSSR count). The zero-order valence-electron chi connectivity index (χ0n) is 3.61. The summed E-state index contributed by atoms with van der Waals surface area (Å²) in [5, 5.41) is 0. The first kappa shape index (κ1) is 24.6. The summed E-state index contributed by atoms with van der Waals surface area (Å²) in [7, 11) is -4.64. The van der Waals surface area contributed by atoms with Crippen molar-refractivity contribution in [2.75, 3.05) is 0 Å². The molecule has 0 saturated carbocycles. The molecule has 0 heterocycles. The molecule has 6 nitrogen and oxygen atoms in total. The Labute approximate surface area is 44.0 Å². The van der Waals surface area contributed by atoms with Gasteiger partial charge in [0.1, 0.15) is 0 Å². The average molecular weight is 154 g/mol. The number of halogens is 1. The Morgan fingerprint density at radius 1 is 1.00 bits per heavy atom. The second kappa shape index (κ2) is 6.96. The van der Waals surface area contributed by atoms with E-state index in [0.29, 0.717) is 0 Å². The number of hydrogen-bond acceptors (Lipinski definition) is 1. The summed E-state index contributed by atoms with van der Waals surface area (Å²) in [6.07, 6.45) is 0.